The Labute approximate surface area is 294 Å². The number of hydrogen-bond donors (Lipinski definition) is 1. The van der Waals surface area contributed by atoms with Crippen molar-refractivity contribution < 1.29 is 38.5 Å². The Morgan fingerprint density at radius 3 is 2.27 bits per heavy atom. The third kappa shape index (κ3) is 7.72. The second-order valence-electron chi connectivity index (χ2n) is 17.4. The predicted octanol–water partition coefficient (Wildman–Crippen LogP) is 7.29. The van der Waals surface area contributed by atoms with E-state index in [1.165, 1.54) is 7.11 Å². The molecule has 8 heteroatoms. The first-order chi connectivity index (χ1) is 23.0. The number of hydrogen-bond acceptors (Lipinski definition) is 8. The van der Waals surface area contributed by atoms with Crippen molar-refractivity contribution in [2.75, 3.05) is 7.11 Å². The van der Waals surface area contributed by atoms with E-state index in [9.17, 15) is 24.3 Å². The number of aliphatic hydroxyl groups is 1. The van der Waals surface area contributed by atoms with E-state index in [1.54, 1.807) is 0 Å². The molecule has 2 aliphatic heterocycles. The van der Waals surface area contributed by atoms with Crippen LogP contribution in [0.15, 0.2) is 22.8 Å². The van der Waals surface area contributed by atoms with Crippen LogP contribution in [0.4, 0.5) is 0 Å². The van der Waals surface area contributed by atoms with Crippen LogP contribution in [0.25, 0.3) is 0 Å². The zero-order valence-electron chi connectivity index (χ0n) is 31.6. The van der Waals surface area contributed by atoms with E-state index >= 15 is 0 Å². The van der Waals surface area contributed by atoms with Gasteiger partial charge in [0, 0.05) is 49.4 Å². The molecule has 0 aromatic carbocycles. The highest BCUT2D eigenvalue weighted by Crippen LogP contribution is 2.57. The van der Waals surface area contributed by atoms with Crippen molar-refractivity contribution in [1.29, 1.82) is 0 Å². The van der Waals surface area contributed by atoms with E-state index < -0.39 is 40.8 Å². The number of rotatable bonds is 2. The number of ether oxygens (including phenoxy) is 3. The van der Waals surface area contributed by atoms with E-state index in [4.69, 9.17) is 14.2 Å². The molecular weight excluding hydrogens is 620 g/mol. The van der Waals surface area contributed by atoms with Gasteiger partial charge in [-0.3, -0.25) is 19.2 Å². The van der Waals surface area contributed by atoms with Crippen LogP contribution in [0.1, 0.15) is 132 Å². The zero-order chi connectivity index (χ0) is 36.1. The molecule has 3 aliphatic carbocycles. The molecule has 0 bridgehead atoms. The first kappa shape index (κ1) is 38.1. The molecule has 3 fully saturated rings. The summed E-state index contributed by atoms with van der Waals surface area (Å²) < 4.78 is 18.1. The van der Waals surface area contributed by atoms with Gasteiger partial charge in [0.25, 0.3) is 0 Å². The molecule has 0 amide bonds. The van der Waals surface area contributed by atoms with Gasteiger partial charge in [-0.1, -0.05) is 57.8 Å². The predicted molar refractivity (Wildman–Crippen MR) is 188 cm³/mol. The summed E-state index contributed by atoms with van der Waals surface area (Å²) in [6, 6.07) is 0. The normalized spacial score (nSPS) is 43.9. The Bertz CT molecular complexity index is 1380. The van der Waals surface area contributed by atoms with Gasteiger partial charge >= 0.3 is 5.97 Å². The van der Waals surface area contributed by atoms with Gasteiger partial charge in [0.15, 0.2) is 0 Å². The van der Waals surface area contributed by atoms with E-state index in [2.05, 4.69) is 19.9 Å². The maximum Gasteiger partial charge on any atom is 0.313 e. The van der Waals surface area contributed by atoms with Gasteiger partial charge in [-0.05, 0) is 83.6 Å². The molecule has 0 radical (unpaired) electrons. The molecule has 5 aliphatic rings. The number of Topliss-reactive ketones (excluding diaryl/α,β-unsaturated/α-hetero) is 3. The third-order valence-electron chi connectivity index (χ3n) is 13.2. The number of fused-ring (bicyclic) bond motifs is 5. The summed E-state index contributed by atoms with van der Waals surface area (Å²) >= 11 is 0. The summed E-state index contributed by atoms with van der Waals surface area (Å²) in [6.07, 6.45) is 7.63. The molecule has 0 unspecified atom stereocenters. The van der Waals surface area contributed by atoms with Crippen molar-refractivity contribution in [3.63, 3.8) is 0 Å². The number of methoxy groups -OCH3 is 1. The monoisotopic (exact) mass is 682 g/mol. The quantitative estimate of drug-likeness (QED) is 0.183. The van der Waals surface area contributed by atoms with E-state index in [0.717, 1.165) is 56.1 Å². The van der Waals surface area contributed by atoms with Crippen molar-refractivity contribution >= 4 is 23.3 Å². The van der Waals surface area contributed by atoms with Crippen LogP contribution in [0.5, 0.6) is 0 Å². The number of ketones is 3. The SMILES string of the molecule is COC(=O)[C@]12CC(=O)[C@@H](C(C)C)CC(=O)[C@@H](C)CCC[C@@H](C)CC(=O)[C@@H]1CC(C)=C1[C@H](O)C[C@@]3(C)O[C@@H]3CC[C@@]3(C)O[C@@H]3CC/C(C)=C\[C@H]12. The fraction of sp³-hybridized carbons (Fsp3) is 0.805. The van der Waals surface area contributed by atoms with Crippen molar-refractivity contribution in [1.82, 2.24) is 0 Å². The van der Waals surface area contributed by atoms with Gasteiger partial charge in [0.1, 0.15) is 17.3 Å². The highest BCUT2D eigenvalue weighted by Gasteiger charge is 2.62. The fourth-order valence-electron chi connectivity index (χ4n) is 9.69. The van der Waals surface area contributed by atoms with E-state index in [0.29, 0.717) is 12.0 Å². The van der Waals surface area contributed by atoms with Crippen LogP contribution in [-0.4, -0.2) is 65.0 Å². The average Bonchev–Trinajstić information content (AvgIpc) is 3.89. The van der Waals surface area contributed by atoms with Crippen LogP contribution in [0.3, 0.4) is 0 Å². The molecule has 0 spiro atoms. The van der Waals surface area contributed by atoms with Gasteiger partial charge in [-0.25, -0.2) is 0 Å². The second kappa shape index (κ2) is 14.5. The lowest BCUT2D eigenvalue weighted by Crippen LogP contribution is -2.54. The number of carbonyl (C=O) groups is 4. The minimum absolute atomic E-state index is 0.0000322. The van der Waals surface area contributed by atoms with Crippen LogP contribution >= 0.6 is 0 Å². The molecule has 5 rings (SSSR count). The van der Waals surface area contributed by atoms with Crippen LogP contribution in [-0.2, 0) is 33.4 Å². The Balaban J connectivity index is 1.69. The smallest absolute Gasteiger partial charge is 0.313 e. The van der Waals surface area contributed by atoms with Crippen LogP contribution in [0, 0.1) is 40.9 Å². The first-order valence-electron chi connectivity index (χ1n) is 19.0. The topological polar surface area (TPSA) is 123 Å². The third-order valence-corrected chi connectivity index (χ3v) is 13.2. The highest BCUT2D eigenvalue weighted by atomic mass is 16.6. The molecule has 2 heterocycles. The Morgan fingerprint density at radius 1 is 0.918 bits per heavy atom. The summed E-state index contributed by atoms with van der Waals surface area (Å²) in [5.74, 6) is -3.16. The molecule has 0 aromatic heterocycles. The Hall–Kier alpha value is -2.16. The van der Waals surface area contributed by atoms with Crippen LogP contribution in [0.2, 0.25) is 0 Å². The van der Waals surface area contributed by atoms with Gasteiger partial charge in [-0.15, -0.1) is 0 Å². The van der Waals surface area contributed by atoms with E-state index in [-0.39, 0.29) is 78.6 Å². The van der Waals surface area contributed by atoms with Gasteiger partial charge < -0.3 is 19.3 Å². The lowest BCUT2D eigenvalue weighted by molar-refractivity contribution is -0.166. The van der Waals surface area contributed by atoms with Gasteiger partial charge in [-0.2, -0.15) is 0 Å². The van der Waals surface area contributed by atoms with Crippen molar-refractivity contribution in [3.8, 4) is 0 Å². The lowest BCUT2D eigenvalue weighted by Gasteiger charge is -2.49. The lowest BCUT2D eigenvalue weighted by atomic mass is 9.53. The highest BCUT2D eigenvalue weighted by molar-refractivity contribution is 5.97. The number of aliphatic hydroxyl groups excluding tert-OH is 1. The number of allylic oxidation sites excluding steroid dienone is 3. The largest absolute Gasteiger partial charge is 0.469 e. The maximum atomic E-state index is 14.7. The van der Waals surface area contributed by atoms with Crippen LogP contribution < -0.4 is 0 Å². The Morgan fingerprint density at radius 2 is 1.59 bits per heavy atom. The summed E-state index contributed by atoms with van der Waals surface area (Å²) in [4.78, 5) is 57.5. The minimum atomic E-state index is -1.57. The molecule has 1 N–H and O–H groups in total. The molecule has 0 aromatic rings. The summed E-state index contributed by atoms with van der Waals surface area (Å²) in [6.45, 7) is 16.1. The van der Waals surface area contributed by atoms with Gasteiger partial charge in [0.2, 0.25) is 0 Å². The molecule has 1 saturated carbocycles. The second-order valence-corrected chi connectivity index (χ2v) is 17.4. The van der Waals surface area contributed by atoms with E-state index in [1.807, 2.05) is 41.5 Å². The molecule has 274 valence electrons. The molecule has 8 nitrogen and oxygen atoms in total. The molecular formula is C41H62O8. The number of esters is 1. The average molecular weight is 683 g/mol. The molecule has 11 atom stereocenters. The maximum absolute atomic E-state index is 14.7. The minimum Gasteiger partial charge on any atom is -0.469 e. The summed E-state index contributed by atoms with van der Waals surface area (Å²) in [7, 11) is 1.33. The number of carbonyl (C=O) groups excluding carboxylic acids is 4. The molecule has 49 heavy (non-hydrogen) atoms. The Kier molecular flexibility index (Phi) is 11.2. The summed E-state index contributed by atoms with van der Waals surface area (Å²) in [5, 5.41) is 12.2. The van der Waals surface area contributed by atoms with Crippen molar-refractivity contribution in [3.05, 3.63) is 22.8 Å². The fourth-order valence-corrected chi connectivity index (χ4v) is 9.69. The zero-order valence-corrected chi connectivity index (χ0v) is 31.6. The van der Waals surface area contributed by atoms with Crippen molar-refractivity contribution in [2.24, 2.45) is 40.9 Å². The van der Waals surface area contributed by atoms with Crippen molar-refractivity contribution in [2.45, 2.75) is 162 Å². The number of epoxide rings is 2. The standard InChI is InChI=1S/C41H62O8/c1-23(2)28-20-31(42)26(5)12-10-11-24(3)18-32(43)29-19-27(6)37-30(41(29,22-33(28)44)38(46)47-9)17-25(4)13-14-35-39(7,48-35)16-15-36-40(8,49-36)21-34(37)45/h17,23-24,26,28-30,34-36,45H,10-16,18-22H2,1-9H3/b25-17-/t24-,26+,28-,29+,30-,34-,35-,36-,39-,40-,41-/m1/s1. The first-order valence-corrected chi connectivity index (χ1v) is 19.0. The van der Waals surface area contributed by atoms with Gasteiger partial charge in [0.05, 0.1) is 42.0 Å². The summed E-state index contributed by atoms with van der Waals surface area (Å²) in [5.41, 5.74) is 0.309. The molecule has 2 saturated heterocycles.